The number of thiazole rings is 1. The van der Waals surface area contributed by atoms with Gasteiger partial charge in [-0.05, 0) is 22.0 Å². The highest BCUT2D eigenvalue weighted by Gasteiger charge is 2.20. The van der Waals surface area contributed by atoms with Gasteiger partial charge in [-0.1, -0.05) is 6.92 Å². The second kappa shape index (κ2) is 5.88. The smallest absolute Gasteiger partial charge is 0.306 e. The zero-order chi connectivity index (χ0) is 14.9. The van der Waals surface area contributed by atoms with Gasteiger partial charge in [-0.3, -0.25) is 9.59 Å². The molecule has 20 heavy (non-hydrogen) atoms. The van der Waals surface area contributed by atoms with Gasteiger partial charge in [0.15, 0.2) is 10.8 Å². The molecule has 2 rings (SSSR count). The summed E-state index contributed by atoms with van der Waals surface area (Å²) in [6, 6.07) is 3.58. The van der Waals surface area contributed by atoms with Gasteiger partial charge >= 0.3 is 5.97 Å². The average molecular weight is 358 g/mol. The van der Waals surface area contributed by atoms with E-state index < -0.39 is 11.9 Å². The zero-order valence-electron chi connectivity index (χ0n) is 10.8. The molecule has 0 amide bonds. The minimum absolute atomic E-state index is 0.0482. The maximum atomic E-state index is 12.0. The second-order valence-electron chi connectivity index (χ2n) is 4.34. The average Bonchev–Trinajstić information content (AvgIpc) is 2.80. The number of ether oxygens (including phenoxy) is 1. The Bertz CT molecular complexity index is 682. The summed E-state index contributed by atoms with van der Waals surface area (Å²) in [5.41, 5.74) is 0.689. The van der Waals surface area contributed by atoms with Crippen LogP contribution in [0, 0.1) is 5.92 Å². The van der Waals surface area contributed by atoms with Gasteiger partial charge in [-0.2, -0.15) is 0 Å². The van der Waals surface area contributed by atoms with Crippen molar-refractivity contribution in [2.24, 2.45) is 5.92 Å². The third-order valence-electron chi connectivity index (χ3n) is 2.81. The summed E-state index contributed by atoms with van der Waals surface area (Å²) < 4.78 is 6.78. The Morgan fingerprint density at radius 1 is 1.50 bits per heavy atom. The highest BCUT2D eigenvalue weighted by atomic mass is 79.9. The van der Waals surface area contributed by atoms with Crippen LogP contribution in [0.3, 0.4) is 0 Å². The van der Waals surface area contributed by atoms with E-state index >= 15 is 0 Å². The van der Waals surface area contributed by atoms with E-state index in [-0.39, 0.29) is 12.2 Å². The largest absolute Gasteiger partial charge is 0.496 e. The number of Topliss-reactive ketones (excluding diaryl/α,β-unsaturated/α-hetero) is 1. The van der Waals surface area contributed by atoms with E-state index in [4.69, 9.17) is 9.84 Å². The highest BCUT2D eigenvalue weighted by molar-refractivity contribution is 9.10. The Kier molecular flexibility index (Phi) is 4.39. The number of ketones is 1. The Morgan fingerprint density at radius 2 is 2.20 bits per heavy atom. The molecule has 0 fully saturated rings. The predicted octanol–water partition coefficient (Wildman–Crippen LogP) is 3.36. The SMILES string of the molecule is COc1cc2sc(C(=O)C[C@H](C)C(=O)O)nc2cc1Br. The number of halogens is 1. The summed E-state index contributed by atoms with van der Waals surface area (Å²) in [5, 5.41) is 9.16. The molecule has 1 atom stereocenters. The number of carboxylic acid groups (broad SMARTS) is 1. The number of hydrogen-bond acceptors (Lipinski definition) is 5. The summed E-state index contributed by atoms with van der Waals surface area (Å²) in [5.74, 6) is -1.28. The standard InChI is InChI=1S/C13H12BrNO4S/c1-6(13(17)18)3-9(16)12-15-8-4-7(14)10(19-2)5-11(8)20-12/h4-6H,3H2,1-2H3,(H,17,18)/t6-/m0/s1. The molecule has 0 aliphatic rings. The number of methoxy groups -OCH3 is 1. The van der Waals surface area contributed by atoms with Crippen LogP contribution in [0.2, 0.25) is 0 Å². The van der Waals surface area contributed by atoms with Crippen LogP contribution in [0.5, 0.6) is 5.75 Å². The van der Waals surface area contributed by atoms with Crippen LogP contribution < -0.4 is 4.74 Å². The first-order valence-corrected chi connectivity index (χ1v) is 7.43. The molecule has 1 N–H and O–H groups in total. The molecule has 0 saturated heterocycles. The van der Waals surface area contributed by atoms with Crippen LogP contribution in [-0.2, 0) is 4.79 Å². The van der Waals surface area contributed by atoms with Crippen LogP contribution >= 0.6 is 27.3 Å². The fraction of sp³-hybridized carbons (Fsp3) is 0.308. The molecule has 2 aromatic rings. The zero-order valence-corrected chi connectivity index (χ0v) is 13.2. The Hall–Kier alpha value is -1.47. The van der Waals surface area contributed by atoms with Crippen LogP contribution in [0.15, 0.2) is 16.6 Å². The van der Waals surface area contributed by atoms with E-state index in [1.807, 2.05) is 0 Å². The first-order valence-electron chi connectivity index (χ1n) is 5.82. The first kappa shape index (κ1) is 14.9. The van der Waals surface area contributed by atoms with E-state index in [9.17, 15) is 9.59 Å². The number of benzene rings is 1. The number of carbonyl (C=O) groups excluding carboxylic acids is 1. The van der Waals surface area contributed by atoms with Gasteiger partial charge in [0.1, 0.15) is 5.75 Å². The summed E-state index contributed by atoms with van der Waals surface area (Å²) >= 11 is 4.60. The number of fused-ring (bicyclic) bond motifs is 1. The van der Waals surface area contributed by atoms with Gasteiger partial charge in [0.2, 0.25) is 0 Å². The topological polar surface area (TPSA) is 76.5 Å². The van der Waals surface area contributed by atoms with Crippen molar-refractivity contribution in [1.82, 2.24) is 4.98 Å². The maximum Gasteiger partial charge on any atom is 0.306 e. The predicted molar refractivity (Wildman–Crippen MR) is 79.6 cm³/mol. The van der Waals surface area contributed by atoms with Crippen molar-refractivity contribution >= 4 is 49.2 Å². The van der Waals surface area contributed by atoms with Crippen LogP contribution in [0.25, 0.3) is 10.2 Å². The number of hydrogen-bond donors (Lipinski definition) is 1. The number of nitrogens with zero attached hydrogens (tertiary/aromatic N) is 1. The van der Waals surface area contributed by atoms with E-state index in [2.05, 4.69) is 20.9 Å². The van der Waals surface area contributed by atoms with Crippen LogP contribution in [-0.4, -0.2) is 29.0 Å². The van der Waals surface area contributed by atoms with Crippen molar-refractivity contribution in [2.75, 3.05) is 7.11 Å². The van der Waals surface area contributed by atoms with Gasteiger partial charge in [-0.15, -0.1) is 11.3 Å². The normalized spacial score (nSPS) is 12.3. The van der Waals surface area contributed by atoms with Gasteiger partial charge < -0.3 is 9.84 Å². The van der Waals surface area contributed by atoms with Crippen molar-refractivity contribution in [1.29, 1.82) is 0 Å². The molecule has 0 radical (unpaired) electrons. The summed E-state index contributed by atoms with van der Waals surface area (Å²) in [4.78, 5) is 27.0. The van der Waals surface area contributed by atoms with Crippen molar-refractivity contribution in [2.45, 2.75) is 13.3 Å². The number of rotatable bonds is 5. The van der Waals surface area contributed by atoms with E-state index in [1.54, 1.807) is 19.2 Å². The summed E-state index contributed by atoms with van der Waals surface area (Å²) in [6.07, 6.45) is -0.0482. The number of aliphatic carboxylic acids is 1. The number of aromatic nitrogens is 1. The van der Waals surface area contributed by atoms with Gasteiger partial charge in [0.25, 0.3) is 0 Å². The first-order chi connectivity index (χ1) is 9.42. The molecule has 0 aliphatic carbocycles. The lowest BCUT2D eigenvalue weighted by Gasteiger charge is -2.01. The van der Waals surface area contributed by atoms with Gasteiger partial charge in [0.05, 0.1) is 27.7 Å². The molecule has 1 aromatic heterocycles. The lowest BCUT2D eigenvalue weighted by molar-refractivity contribution is -0.141. The number of carbonyl (C=O) groups is 2. The fourth-order valence-corrected chi connectivity index (χ4v) is 3.08. The van der Waals surface area contributed by atoms with Crippen molar-refractivity contribution < 1.29 is 19.4 Å². The minimum Gasteiger partial charge on any atom is -0.496 e. The number of carboxylic acids is 1. The van der Waals surface area contributed by atoms with Crippen LogP contribution in [0.4, 0.5) is 0 Å². The van der Waals surface area contributed by atoms with Crippen molar-refractivity contribution in [3.05, 3.63) is 21.6 Å². The summed E-state index contributed by atoms with van der Waals surface area (Å²) in [6.45, 7) is 1.51. The van der Waals surface area contributed by atoms with E-state index in [0.29, 0.717) is 16.3 Å². The minimum atomic E-state index is -0.983. The molecule has 0 spiro atoms. The molecule has 0 saturated carbocycles. The third kappa shape index (κ3) is 2.99. The lowest BCUT2D eigenvalue weighted by atomic mass is 10.1. The van der Waals surface area contributed by atoms with Gasteiger partial charge in [0, 0.05) is 12.5 Å². The third-order valence-corrected chi connectivity index (χ3v) is 4.49. The molecule has 0 bridgehead atoms. The molecule has 1 aromatic carbocycles. The van der Waals surface area contributed by atoms with E-state index in [1.165, 1.54) is 18.3 Å². The Balaban J connectivity index is 2.32. The molecular formula is C13H12BrNO4S. The van der Waals surface area contributed by atoms with Crippen molar-refractivity contribution in [3.63, 3.8) is 0 Å². The molecule has 106 valence electrons. The molecule has 0 aliphatic heterocycles. The van der Waals surface area contributed by atoms with E-state index in [0.717, 1.165) is 9.17 Å². The lowest BCUT2D eigenvalue weighted by Crippen LogP contribution is -2.14. The molecule has 1 heterocycles. The van der Waals surface area contributed by atoms with Crippen molar-refractivity contribution in [3.8, 4) is 5.75 Å². The highest BCUT2D eigenvalue weighted by Crippen LogP contribution is 2.33. The fourth-order valence-electron chi connectivity index (χ4n) is 1.66. The maximum absolute atomic E-state index is 12.0. The second-order valence-corrected chi connectivity index (χ2v) is 6.23. The molecule has 0 unspecified atom stereocenters. The Morgan fingerprint density at radius 3 is 2.80 bits per heavy atom. The van der Waals surface area contributed by atoms with Crippen LogP contribution in [0.1, 0.15) is 23.1 Å². The monoisotopic (exact) mass is 357 g/mol. The molecular weight excluding hydrogens is 346 g/mol. The summed E-state index contributed by atoms with van der Waals surface area (Å²) in [7, 11) is 1.56. The molecule has 7 heteroatoms. The molecule has 5 nitrogen and oxygen atoms in total. The Labute approximate surface area is 127 Å². The quantitative estimate of drug-likeness (QED) is 0.830. The van der Waals surface area contributed by atoms with Gasteiger partial charge in [-0.25, -0.2) is 4.98 Å².